The number of carbonyl (C=O) groups excluding carboxylic acids is 3. The van der Waals surface area contributed by atoms with Crippen molar-refractivity contribution in [2.24, 2.45) is 0 Å². The number of benzene rings is 1. The van der Waals surface area contributed by atoms with E-state index in [1.54, 1.807) is 24.3 Å². The van der Waals surface area contributed by atoms with Gasteiger partial charge in [-0.2, -0.15) is 5.10 Å². The number of ketones is 1. The van der Waals surface area contributed by atoms with Crippen LogP contribution in [0, 0.1) is 0 Å². The standard InChI is InChI=1S/C19H23FN4O3/c1-11(2)21-19(27)16-8-13(20)9-23(16)17(26)10-24-15-7-5-4-6-14(15)18(22-24)12(3)25/h4-7,11,13,16H,8-10H2,1-3H3,(H,21,27)/t13-,16+/m1/s1. The topological polar surface area (TPSA) is 84.3 Å². The number of carbonyl (C=O) groups is 3. The molecule has 8 heteroatoms. The maximum atomic E-state index is 13.9. The molecule has 0 bridgehead atoms. The van der Waals surface area contributed by atoms with E-state index in [9.17, 15) is 18.8 Å². The monoisotopic (exact) mass is 374 g/mol. The van der Waals surface area contributed by atoms with Gasteiger partial charge in [0.2, 0.25) is 11.8 Å². The average Bonchev–Trinajstić information content (AvgIpc) is 3.16. The van der Waals surface area contributed by atoms with E-state index in [-0.39, 0.29) is 42.9 Å². The lowest BCUT2D eigenvalue weighted by Crippen LogP contribution is -2.48. The van der Waals surface area contributed by atoms with Crippen LogP contribution in [0.4, 0.5) is 4.39 Å². The van der Waals surface area contributed by atoms with Gasteiger partial charge in [0, 0.05) is 24.8 Å². The summed E-state index contributed by atoms with van der Waals surface area (Å²) in [5.41, 5.74) is 0.938. The lowest BCUT2D eigenvalue weighted by molar-refractivity contribution is -0.139. The lowest BCUT2D eigenvalue weighted by Gasteiger charge is -2.24. The zero-order valence-electron chi connectivity index (χ0n) is 15.6. The Morgan fingerprint density at radius 3 is 2.67 bits per heavy atom. The first kappa shape index (κ1) is 19.0. The molecule has 0 unspecified atom stereocenters. The van der Waals surface area contributed by atoms with E-state index in [0.29, 0.717) is 10.9 Å². The maximum absolute atomic E-state index is 13.9. The Morgan fingerprint density at radius 1 is 1.30 bits per heavy atom. The minimum absolute atomic E-state index is 0.0111. The van der Waals surface area contributed by atoms with Crippen LogP contribution < -0.4 is 5.32 Å². The molecule has 144 valence electrons. The van der Waals surface area contributed by atoms with Crippen LogP contribution in [0.2, 0.25) is 0 Å². The van der Waals surface area contributed by atoms with Crippen LogP contribution >= 0.6 is 0 Å². The fraction of sp³-hybridized carbons (Fsp3) is 0.474. The second kappa shape index (κ2) is 7.46. The van der Waals surface area contributed by atoms with Crippen LogP contribution in [0.25, 0.3) is 10.9 Å². The molecule has 2 atom stereocenters. The number of nitrogens with zero attached hydrogens (tertiary/aromatic N) is 3. The quantitative estimate of drug-likeness (QED) is 0.808. The summed E-state index contributed by atoms with van der Waals surface area (Å²) in [6.45, 7) is 4.76. The van der Waals surface area contributed by atoms with Gasteiger partial charge in [-0.25, -0.2) is 4.39 Å². The highest BCUT2D eigenvalue weighted by Crippen LogP contribution is 2.23. The number of amides is 2. The summed E-state index contributed by atoms with van der Waals surface area (Å²) < 4.78 is 15.4. The normalized spacial score (nSPS) is 19.7. The molecule has 1 aromatic carbocycles. The molecule has 0 aliphatic carbocycles. The molecule has 2 amide bonds. The molecule has 0 radical (unpaired) electrons. The Kier molecular flexibility index (Phi) is 5.25. The zero-order valence-corrected chi connectivity index (χ0v) is 15.6. The van der Waals surface area contributed by atoms with Gasteiger partial charge in [-0.3, -0.25) is 19.1 Å². The second-order valence-corrected chi connectivity index (χ2v) is 7.14. The number of hydrogen-bond donors (Lipinski definition) is 1. The Hall–Kier alpha value is -2.77. The van der Waals surface area contributed by atoms with Gasteiger partial charge in [-0.15, -0.1) is 0 Å². The Labute approximate surface area is 156 Å². The minimum Gasteiger partial charge on any atom is -0.352 e. The van der Waals surface area contributed by atoms with Gasteiger partial charge in [-0.05, 0) is 19.9 Å². The first-order chi connectivity index (χ1) is 12.8. The summed E-state index contributed by atoms with van der Waals surface area (Å²) in [7, 11) is 0. The molecule has 1 saturated heterocycles. The van der Waals surface area contributed by atoms with Gasteiger partial charge in [0.1, 0.15) is 24.5 Å². The van der Waals surface area contributed by atoms with Crippen molar-refractivity contribution >= 4 is 28.5 Å². The predicted molar refractivity (Wildman–Crippen MR) is 98.0 cm³/mol. The highest BCUT2D eigenvalue weighted by atomic mass is 19.1. The van der Waals surface area contributed by atoms with E-state index in [1.165, 1.54) is 16.5 Å². The van der Waals surface area contributed by atoms with Gasteiger partial charge in [0.25, 0.3) is 0 Å². The molecule has 1 N–H and O–H groups in total. The predicted octanol–water partition coefficient (Wildman–Crippen LogP) is 1.70. The van der Waals surface area contributed by atoms with Crippen LogP contribution in [-0.4, -0.2) is 57.1 Å². The number of rotatable bonds is 5. The molecule has 0 saturated carbocycles. The fourth-order valence-electron chi connectivity index (χ4n) is 3.42. The molecule has 2 aromatic rings. The third-order valence-electron chi connectivity index (χ3n) is 4.58. The van der Waals surface area contributed by atoms with Crippen molar-refractivity contribution in [3.05, 3.63) is 30.0 Å². The number of para-hydroxylation sites is 1. The number of alkyl halides is 1. The van der Waals surface area contributed by atoms with Gasteiger partial charge in [0.05, 0.1) is 12.1 Å². The molecular formula is C19H23FN4O3. The molecule has 2 heterocycles. The van der Waals surface area contributed by atoms with Gasteiger partial charge in [-0.1, -0.05) is 18.2 Å². The van der Waals surface area contributed by atoms with E-state index >= 15 is 0 Å². The number of hydrogen-bond acceptors (Lipinski definition) is 4. The van der Waals surface area contributed by atoms with E-state index in [0.717, 1.165) is 0 Å². The Balaban J connectivity index is 1.85. The van der Waals surface area contributed by atoms with E-state index in [2.05, 4.69) is 10.4 Å². The lowest BCUT2D eigenvalue weighted by atomic mass is 10.1. The number of Topliss-reactive ketones (excluding diaryl/α,β-unsaturated/α-hetero) is 1. The molecule has 27 heavy (non-hydrogen) atoms. The Morgan fingerprint density at radius 2 is 2.00 bits per heavy atom. The molecule has 3 rings (SSSR count). The number of likely N-dealkylation sites (tertiary alicyclic amines) is 1. The molecule has 7 nitrogen and oxygen atoms in total. The molecule has 0 spiro atoms. The third-order valence-corrected chi connectivity index (χ3v) is 4.58. The number of halogens is 1. The van der Waals surface area contributed by atoms with Crippen molar-refractivity contribution in [2.45, 2.75) is 52.0 Å². The summed E-state index contributed by atoms with van der Waals surface area (Å²) in [5.74, 6) is -0.952. The second-order valence-electron chi connectivity index (χ2n) is 7.14. The number of fused-ring (bicyclic) bond motifs is 1. The summed E-state index contributed by atoms with van der Waals surface area (Å²) in [6, 6.07) is 6.20. The SMILES string of the molecule is CC(=O)c1nn(CC(=O)N2C[C@H](F)C[C@H]2C(=O)NC(C)C)c2ccccc12. The fourth-order valence-corrected chi connectivity index (χ4v) is 3.42. The van der Waals surface area contributed by atoms with E-state index in [1.807, 2.05) is 13.8 Å². The van der Waals surface area contributed by atoms with Crippen molar-refractivity contribution in [1.29, 1.82) is 0 Å². The largest absolute Gasteiger partial charge is 0.352 e. The van der Waals surface area contributed by atoms with Gasteiger partial charge < -0.3 is 10.2 Å². The van der Waals surface area contributed by atoms with E-state index < -0.39 is 18.1 Å². The van der Waals surface area contributed by atoms with Crippen molar-refractivity contribution in [2.75, 3.05) is 6.54 Å². The van der Waals surface area contributed by atoms with Crippen molar-refractivity contribution in [1.82, 2.24) is 20.0 Å². The zero-order chi connectivity index (χ0) is 19.7. The molecule has 1 aliphatic rings. The first-order valence-electron chi connectivity index (χ1n) is 8.98. The summed E-state index contributed by atoms with van der Waals surface area (Å²) in [5, 5.41) is 7.66. The third kappa shape index (κ3) is 3.84. The summed E-state index contributed by atoms with van der Waals surface area (Å²) in [4.78, 5) is 38.3. The van der Waals surface area contributed by atoms with Gasteiger partial charge in [0.15, 0.2) is 5.78 Å². The van der Waals surface area contributed by atoms with Crippen LogP contribution in [0.1, 0.15) is 37.7 Å². The summed E-state index contributed by atoms with van der Waals surface area (Å²) >= 11 is 0. The highest BCUT2D eigenvalue weighted by Gasteiger charge is 2.40. The highest BCUT2D eigenvalue weighted by molar-refractivity contribution is 6.05. The first-order valence-corrected chi connectivity index (χ1v) is 8.98. The maximum Gasteiger partial charge on any atom is 0.245 e. The van der Waals surface area contributed by atoms with E-state index in [4.69, 9.17) is 0 Å². The van der Waals surface area contributed by atoms with Crippen LogP contribution in [0.15, 0.2) is 24.3 Å². The van der Waals surface area contributed by atoms with Crippen LogP contribution in [0.3, 0.4) is 0 Å². The van der Waals surface area contributed by atoms with Crippen molar-refractivity contribution in [3.8, 4) is 0 Å². The number of aromatic nitrogens is 2. The van der Waals surface area contributed by atoms with Crippen LogP contribution in [0.5, 0.6) is 0 Å². The smallest absolute Gasteiger partial charge is 0.245 e. The molecular weight excluding hydrogens is 351 g/mol. The molecule has 1 aromatic heterocycles. The average molecular weight is 374 g/mol. The molecule has 1 fully saturated rings. The molecule has 1 aliphatic heterocycles. The number of nitrogens with one attached hydrogen (secondary N) is 1. The van der Waals surface area contributed by atoms with Crippen molar-refractivity contribution < 1.29 is 18.8 Å². The minimum atomic E-state index is -1.24. The summed E-state index contributed by atoms with van der Waals surface area (Å²) in [6.07, 6.45) is -1.25. The Bertz CT molecular complexity index is 892. The van der Waals surface area contributed by atoms with Crippen LogP contribution in [-0.2, 0) is 16.1 Å². The van der Waals surface area contributed by atoms with Crippen molar-refractivity contribution in [3.63, 3.8) is 0 Å². The van der Waals surface area contributed by atoms with Gasteiger partial charge >= 0.3 is 0 Å².